The molecule has 0 amide bonds. The number of cyclic esters (lactones) is 1. The number of carbonyl (C=O) groups is 4. The largest absolute Gasteiger partial charge is 0.481 e. The average molecular weight is 933 g/mol. The number of carbonyl (C=O) groups excluding carboxylic acids is 3. The number of methoxy groups -OCH3 is 7. The number of hydrogen-bond acceptors (Lipinski definition) is 13. The lowest BCUT2D eigenvalue weighted by atomic mass is 9.81. The summed E-state index contributed by atoms with van der Waals surface area (Å²) >= 11 is 0. The van der Waals surface area contributed by atoms with Crippen LogP contribution in [0.3, 0.4) is 0 Å². The molecule has 1 N–H and O–H groups in total. The zero-order chi connectivity index (χ0) is 49.5. The highest BCUT2D eigenvalue weighted by Crippen LogP contribution is 2.33. The van der Waals surface area contributed by atoms with Gasteiger partial charge in [0.1, 0.15) is 18.0 Å². The minimum absolute atomic E-state index is 0.0116. The fraction of sp³-hybridized carbons (Fsp3) is 0.731. The molecule has 2 heterocycles. The molecule has 0 spiro atoms. The van der Waals surface area contributed by atoms with Crippen LogP contribution in [-0.4, -0.2) is 134 Å². The second kappa shape index (κ2) is 30.8. The van der Waals surface area contributed by atoms with E-state index in [9.17, 15) is 19.2 Å². The first-order chi connectivity index (χ1) is 31.4. The molecule has 14 nitrogen and oxygen atoms in total. The van der Waals surface area contributed by atoms with Gasteiger partial charge in [0.05, 0.1) is 42.7 Å². The Hall–Kier alpha value is -3.50. The van der Waals surface area contributed by atoms with E-state index in [0.29, 0.717) is 38.5 Å². The van der Waals surface area contributed by atoms with E-state index < -0.39 is 30.1 Å². The molecule has 14 heteroatoms. The topological polar surface area (TPSA) is 172 Å². The van der Waals surface area contributed by atoms with Crippen LogP contribution in [0.4, 0.5) is 0 Å². The first kappa shape index (κ1) is 58.6. The van der Waals surface area contributed by atoms with Crippen molar-refractivity contribution in [1.29, 1.82) is 0 Å². The van der Waals surface area contributed by atoms with Gasteiger partial charge < -0.3 is 47.7 Å². The standard InChI is InChI=1S/C52H84O14/c1-32-16-15-17-49(56)66-52(38(7)51(64-14)34(3)20-23-43(53)36(5)44(61-11)24-25-48(54)55)35(4)19-22-40(58-8)30-45(62-12)33(2)18-21-41(59-9)31-46(63-13)37(6)47-28-39(29-50(57)65-47)27-42(26-32)60-10/h15-19,21-22,29,33-38,40-42,44-47,51-52H,20,23-28,30-31H2,1-14H3,(H,54,55)/b17-15+,21-18+,22-19+,32-16+. The molecule has 15 atom stereocenters. The number of aliphatic carboxylic acids is 1. The first-order valence-corrected chi connectivity index (χ1v) is 23.6. The van der Waals surface area contributed by atoms with Crippen LogP contribution in [0, 0.1) is 35.5 Å². The van der Waals surface area contributed by atoms with Gasteiger partial charge in [0.15, 0.2) is 0 Å². The van der Waals surface area contributed by atoms with Gasteiger partial charge in [-0.15, -0.1) is 0 Å². The minimum Gasteiger partial charge on any atom is -0.481 e. The maximum Gasteiger partial charge on any atom is 0.331 e. The van der Waals surface area contributed by atoms with Crippen molar-refractivity contribution in [3.63, 3.8) is 0 Å². The summed E-state index contributed by atoms with van der Waals surface area (Å²) in [5.74, 6) is -3.14. The number of ether oxygens (including phenoxy) is 9. The number of ketones is 1. The van der Waals surface area contributed by atoms with Gasteiger partial charge in [-0.05, 0) is 38.5 Å². The number of rotatable bonds is 18. The molecule has 0 saturated heterocycles. The lowest BCUT2D eigenvalue weighted by molar-refractivity contribution is -0.152. The molecule has 0 aromatic rings. The molecule has 0 fully saturated rings. The van der Waals surface area contributed by atoms with Crippen LogP contribution in [0.5, 0.6) is 0 Å². The number of hydrogen-bond donors (Lipinski definition) is 1. The van der Waals surface area contributed by atoms with E-state index in [-0.39, 0.29) is 103 Å². The molecule has 0 saturated carbocycles. The average Bonchev–Trinajstić information content (AvgIpc) is 3.29. The summed E-state index contributed by atoms with van der Waals surface area (Å²) in [6, 6.07) is 0. The lowest BCUT2D eigenvalue weighted by Gasteiger charge is -2.35. The van der Waals surface area contributed by atoms with Crippen molar-refractivity contribution in [1.82, 2.24) is 0 Å². The molecule has 2 rings (SSSR count). The van der Waals surface area contributed by atoms with Gasteiger partial charge in [0, 0.05) is 124 Å². The normalized spacial score (nSPS) is 32.5. The van der Waals surface area contributed by atoms with Crippen LogP contribution in [0.25, 0.3) is 0 Å². The van der Waals surface area contributed by atoms with Crippen LogP contribution in [0.2, 0.25) is 0 Å². The van der Waals surface area contributed by atoms with Crippen LogP contribution in [-0.2, 0) is 61.8 Å². The second-order valence-electron chi connectivity index (χ2n) is 18.5. The third-order valence-corrected chi connectivity index (χ3v) is 13.7. The van der Waals surface area contributed by atoms with Crippen molar-refractivity contribution < 1.29 is 66.9 Å². The molecule has 0 aliphatic carbocycles. The number of esters is 2. The molecule has 66 heavy (non-hydrogen) atoms. The maximum atomic E-state index is 13.7. The van der Waals surface area contributed by atoms with Crippen molar-refractivity contribution in [2.75, 3.05) is 49.8 Å². The van der Waals surface area contributed by atoms with E-state index in [1.807, 2.05) is 58.9 Å². The second-order valence-corrected chi connectivity index (χ2v) is 18.5. The van der Waals surface area contributed by atoms with Crippen molar-refractivity contribution >= 4 is 23.7 Å². The monoisotopic (exact) mass is 933 g/mol. The van der Waals surface area contributed by atoms with E-state index in [1.165, 1.54) is 13.2 Å². The number of fused-ring (bicyclic) bond motifs is 2. The van der Waals surface area contributed by atoms with E-state index >= 15 is 0 Å². The van der Waals surface area contributed by atoms with Gasteiger partial charge in [-0.2, -0.15) is 0 Å². The Labute approximate surface area is 395 Å². The maximum absolute atomic E-state index is 13.7. The predicted octanol–water partition coefficient (Wildman–Crippen LogP) is 8.46. The van der Waals surface area contributed by atoms with E-state index in [1.54, 1.807) is 61.7 Å². The Morgan fingerprint density at radius 2 is 1.35 bits per heavy atom. The molecule has 2 bridgehead atoms. The van der Waals surface area contributed by atoms with Gasteiger partial charge in [0.2, 0.25) is 0 Å². The molecule has 2 aliphatic heterocycles. The highest BCUT2D eigenvalue weighted by atomic mass is 16.6. The lowest BCUT2D eigenvalue weighted by Crippen LogP contribution is -2.41. The smallest absolute Gasteiger partial charge is 0.331 e. The third-order valence-electron chi connectivity index (χ3n) is 13.7. The summed E-state index contributed by atoms with van der Waals surface area (Å²) < 4.78 is 53.5. The van der Waals surface area contributed by atoms with Crippen molar-refractivity contribution in [2.45, 2.75) is 161 Å². The van der Waals surface area contributed by atoms with Crippen molar-refractivity contribution in [3.05, 3.63) is 59.8 Å². The Morgan fingerprint density at radius 3 is 1.91 bits per heavy atom. The number of carboxylic acid groups (broad SMARTS) is 1. The molecule has 376 valence electrons. The molecule has 0 aromatic carbocycles. The van der Waals surface area contributed by atoms with Gasteiger partial charge in [-0.3, -0.25) is 9.59 Å². The SMILES string of the molecule is COC1/C=C/C(C)C(C(C)C(OC)C(C)CCC(=O)C(C)C(CCC(=O)O)OC)OC(=O)/C=C/C=C(\C)CC(OC)CC2=CC(=O)OC(C2)C(C)C(OC)CC(OC)/C=C/C(C)C(OC)C1. The summed E-state index contributed by atoms with van der Waals surface area (Å²) in [5, 5.41) is 9.17. The van der Waals surface area contributed by atoms with E-state index in [2.05, 4.69) is 13.0 Å². The Morgan fingerprint density at radius 1 is 0.727 bits per heavy atom. The quantitative estimate of drug-likeness (QED) is 0.103. The summed E-state index contributed by atoms with van der Waals surface area (Å²) in [6.45, 7) is 13.9. The summed E-state index contributed by atoms with van der Waals surface area (Å²) in [4.78, 5) is 51.1. The molecule has 0 radical (unpaired) electrons. The Bertz CT molecular complexity index is 1630. The molecular weight excluding hydrogens is 849 g/mol. The van der Waals surface area contributed by atoms with Gasteiger partial charge >= 0.3 is 17.9 Å². The predicted molar refractivity (Wildman–Crippen MR) is 254 cm³/mol. The molecular formula is C52H84O14. The summed E-state index contributed by atoms with van der Waals surface area (Å²) in [7, 11) is 11.5. The Kier molecular flexibility index (Phi) is 27.4. The highest BCUT2D eigenvalue weighted by Gasteiger charge is 2.37. The van der Waals surface area contributed by atoms with Crippen molar-refractivity contribution in [2.24, 2.45) is 35.5 Å². The van der Waals surface area contributed by atoms with E-state index in [0.717, 1.165) is 11.1 Å². The Balaban J connectivity index is 2.51. The van der Waals surface area contributed by atoms with Crippen LogP contribution in [0.15, 0.2) is 59.8 Å². The molecule has 15 unspecified atom stereocenters. The molecule has 0 aromatic heterocycles. The summed E-state index contributed by atoms with van der Waals surface area (Å²) in [6.07, 6.45) is 15.2. The van der Waals surface area contributed by atoms with E-state index in [4.69, 9.17) is 47.7 Å². The molecule has 2 aliphatic rings. The third kappa shape index (κ3) is 19.6. The van der Waals surface area contributed by atoms with Gasteiger partial charge in [-0.1, -0.05) is 89.1 Å². The van der Waals surface area contributed by atoms with Crippen molar-refractivity contribution in [3.8, 4) is 0 Å². The van der Waals surface area contributed by atoms with Crippen LogP contribution in [0.1, 0.15) is 106 Å². The zero-order valence-corrected chi connectivity index (χ0v) is 42.4. The number of allylic oxidation sites excluding steroid dienone is 2. The fourth-order valence-corrected chi connectivity index (χ4v) is 9.31. The van der Waals surface area contributed by atoms with Gasteiger partial charge in [0.25, 0.3) is 0 Å². The number of Topliss-reactive ketones (excluding diaryl/α,β-unsaturated/α-hetero) is 1. The van der Waals surface area contributed by atoms with Crippen LogP contribution >= 0.6 is 0 Å². The first-order valence-electron chi connectivity index (χ1n) is 23.6. The minimum atomic E-state index is -0.935. The van der Waals surface area contributed by atoms with Crippen LogP contribution < -0.4 is 0 Å². The number of carboxylic acids is 1. The highest BCUT2D eigenvalue weighted by molar-refractivity contribution is 5.84. The summed E-state index contributed by atoms with van der Waals surface area (Å²) in [5.41, 5.74) is 1.91. The van der Waals surface area contributed by atoms with Gasteiger partial charge in [-0.25, -0.2) is 9.59 Å². The zero-order valence-electron chi connectivity index (χ0n) is 42.4. The fourth-order valence-electron chi connectivity index (χ4n) is 9.31.